The molecule has 3 N–H and O–H groups in total. The van der Waals surface area contributed by atoms with Crippen LogP contribution in [0.25, 0.3) is 0 Å². The number of nitrogens with zero attached hydrogens (tertiary/aromatic N) is 1. The molecule has 0 aliphatic heterocycles. The molecular weight excluding hydrogens is 538 g/mol. The van der Waals surface area contributed by atoms with Crippen LogP contribution in [0.15, 0.2) is 53.4 Å². The van der Waals surface area contributed by atoms with Gasteiger partial charge in [-0.1, -0.05) is 110 Å². The summed E-state index contributed by atoms with van der Waals surface area (Å²) in [5.41, 5.74) is 2.84. The number of rotatable bonds is 25. The van der Waals surface area contributed by atoms with Crippen LogP contribution in [-0.4, -0.2) is 71.9 Å². The number of aliphatic hydroxyl groups excluding tert-OH is 3. The fourth-order valence-electron chi connectivity index (χ4n) is 5.41. The van der Waals surface area contributed by atoms with E-state index >= 15 is 0 Å². The van der Waals surface area contributed by atoms with Crippen molar-refractivity contribution in [2.75, 3.05) is 39.5 Å². The lowest BCUT2D eigenvalue weighted by atomic mass is 9.90. The molecule has 0 saturated carbocycles. The number of ether oxygens (including phenoxy) is 2. The molecule has 0 aromatic heterocycles. The second kappa shape index (κ2) is 23.5. The summed E-state index contributed by atoms with van der Waals surface area (Å²) in [4.78, 5) is 2.01. The quantitative estimate of drug-likeness (QED) is 0.0769. The predicted molar refractivity (Wildman–Crippen MR) is 180 cm³/mol. The minimum atomic E-state index is -0.711. The molecule has 0 aliphatic carbocycles. The third kappa shape index (κ3) is 16.1. The van der Waals surface area contributed by atoms with Gasteiger partial charge in [-0.05, 0) is 48.8 Å². The molecule has 5 unspecified atom stereocenters. The molecule has 6 nitrogen and oxygen atoms in total. The van der Waals surface area contributed by atoms with Crippen molar-refractivity contribution in [3.05, 3.63) is 59.0 Å². The van der Waals surface area contributed by atoms with Gasteiger partial charge in [0.2, 0.25) is 0 Å². The van der Waals surface area contributed by atoms with Gasteiger partial charge in [0.1, 0.15) is 0 Å². The van der Waals surface area contributed by atoms with Crippen molar-refractivity contribution in [1.29, 1.82) is 0 Å². The second-order valence-electron chi connectivity index (χ2n) is 12.3. The highest BCUT2D eigenvalue weighted by Gasteiger charge is 2.20. The molecule has 0 aliphatic rings. The zero-order valence-corrected chi connectivity index (χ0v) is 28.6. The van der Waals surface area contributed by atoms with Crippen molar-refractivity contribution in [1.82, 2.24) is 4.90 Å². The molecule has 0 bridgehead atoms. The maximum Gasteiger partial charge on any atom is 0.0958 e. The Balaban J connectivity index is 3.05. The van der Waals surface area contributed by atoms with Crippen LogP contribution >= 0.6 is 0 Å². The highest BCUT2D eigenvalue weighted by Crippen LogP contribution is 2.29. The number of hydrogen-bond donors (Lipinski definition) is 3. The predicted octanol–water partition coefficient (Wildman–Crippen LogP) is 8.41. The van der Waals surface area contributed by atoms with E-state index < -0.39 is 12.2 Å². The first-order valence-electron chi connectivity index (χ1n) is 17.1. The van der Waals surface area contributed by atoms with Crippen molar-refractivity contribution in [3.8, 4) is 0 Å². The monoisotopic (exact) mass is 603 g/mol. The maximum absolute atomic E-state index is 11.0. The molecule has 1 aromatic carbocycles. The molecule has 6 heteroatoms. The Labute approximate surface area is 264 Å². The van der Waals surface area contributed by atoms with Crippen LogP contribution in [0.1, 0.15) is 118 Å². The fourth-order valence-corrected chi connectivity index (χ4v) is 5.41. The fraction of sp³-hybridized carbons (Fsp3) is 0.730. The van der Waals surface area contributed by atoms with E-state index in [0.717, 1.165) is 42.5 Å². The second-order valence-corrected chi connectivity index (χ2v) is 12.3. The van der Waals surface area contributed by atoms with E-state index in [2.05, 4.69) is 46.8 Å². The molecule has 5 atom stereocenters. The zero-order chi connectivity index (χ0) is 32.0. The summed E-state index contributed by atoms with van der Waals surface area (Å²) in [5, 5.41) is 33.0. The van der Waals surface area contributed by atoms with Crippen LogP contribution in [0.2, 0.25) is 0 Å². The van der Waals surface area contributed by atoms with Gasteiger partial charge in [0, 0.05) is 44.3 Å². The molecule has 0 fully saturated rings. The van der Waals surface area contributed by atoms with E-state index in [9.17, 15) is 15.3 Å². The van der Waals surface area contributed by atoms with Gasteiger partial charge in [0.25, 0.3) is 0 Å². The van der Waals surface area contributed by atoms with Crippen molar-refractivity contribution in [3.63, 3.8) is 0 Å². The average molecular weight is 604 g/mol. The van der Waals surface area contributed by atoms with Gasteiger partial charge in [-0.3, -0.25) is 0 Å². The van der Waals surface area contributed by atoms with Gasteiger partial charge in [0.15, 0.2) is 0 Å². The molecule has 0 saturated heterocycles. The SMILES string of the molecule is CCCCC(CC)COCC(O)CN(CC(O)COCC(CC)CCCC)/C(C)=C/C(=C(/O)CC)C(C)c1ccccc1. The third-order valence-electron chi connectivity index (χ3n) is 8.57. The van der Waals surface area contributed by atoms with Gasteiger partial charge < -0.3 is 29.7 Å². The molecule has 43 heavy (non-hydrogen) atoms. The Hall–Kier alpha value is -1.86. The van der Waals surface area contributed by atoms with Crippen molar-refractivity contribution < 1.29 is 24.8 Å². The first-order valence-corrected chi connectivity index (χ1v) is 17.1. The number of benzene rings is 1. The lowest BCUT2D eigenvalue weighted by Gasteiger charge is -2.31. The highest BCUT2D eigenvalue weighted by molar-refractivity contribution is 5.37. The summed E-state index contributed by atoms with van der Waals surface area (Å²) >= 11 is 0. The van der Waals surface area contributed by atoms with Gasteiger partial charge in [-0.15, -0.1) is 0 Å². The molecular formula is C37H65NO5. The first-order chi connectivity index (χ1) is 20.7. The zero-order valence-electron chi connectivity index (χ0n) is 28.6. The number of hydrogen-bond acceptors (Lipinski definition) is 6. The van der Waals surface area contributed by atoms with E-state index in [1.165, 1.54) is 25.7 Å². The van der Waals surface area contributed by atoms with Crippen LogP contribution in [0.5, 0.6) is 0 Å². The van der Waals surface area contributed by atoms with E-state index in [1.807, 2.05) is 43.0 Å². The van der Waals surface area contributed by atoms with E-state index in [4.69, 9.17) is 9.47 Å². The van der Waals surface area contributed by atoms with Crippen LogP contribution < -0.4 is 0 Å². The summed E-state index contributed by atoms with van der Waals surface area (Å²) in [5.74, 6) is 1.36. The van der Waals surface area contributed by atoms with Crippen LogP contribution in [0, 0.1) is 11.8 Å². The molecule has 248 valence electrons. The normalized spacial score (nSPS) is 16.3. The lowest BCUT2D eigenvalue weighted by Crippen LogP contribution is -2.40. The van der Waals surface area contributed by atoms with E-state index in [0.29, 0.717) is 50.3 Å². The molecule has 1 aromatic rings. The maximum atomic E-state index is 11.0. The van der Waals surface area contributed by atoms with Crippen LogP contribution in [-0.2, 0) is 9.47 Å². The smallest absolute Gasteiger partial charge is 0.0958 e. The van der Waals surface area contributed by atoms with Gasteiger partial charge in [-0.2, -0.15) is 0 Å². The summed E-state index contributed by atoms with van der Waals surface area (Å²) in [6, 6.07) is 10.2. The topological polar surface area (TPSA) is 82.4 Å². The Bertz CT molecular complexity index is 856. The van der Waals surface area contributed by atoms with E-state index in [1.54, 1.807) is 0 Å². The number of allylic oxidation sites excluding steroid dienone is 4. The Morgan fingerprint density at radius 2 is 1.28 bits per heavy atom. The molecule has 0 amide bonds. The lowest BCUT2D eigenvalue weighted by molar-refractivity contribution is -0.0136. The Kier molecular flexibility index (Phi) is 21.4. The van der Waals surface area contributed by atoms with Gasteiger partial charge in [-0.25, -0.2) is 0 Å². The summed E-state index contributed by atoms with van der Waals surface area (Å²) in [7, 11) is 0. The number of aliphatic hydroxyl groups is 3. The number of unbranched alkanes of at least 4 members (excludes halogenated alkanes) is 2. The van der Waals surface area contributed by atoms with Crippen molar-refractivity contribution in [2.24, 2.45) is 11.8 Å². The van der Waals surface area contributed by atoms with Crippen molar-refractivity contribution >= 4 is 0 Å². The van der Waals surface area contributed by atoms with Crippen LogP contribution in [0.3, 0.4) is 0 Å². The first kappa shape index (κ1) is 39.2. The molecule has 1 rings (SSSR count). The molecule has 0 spiro atoms. The van der Waals surface area contributed by atoms with Crippen molar-refractivity contribution in [2.45, 2.75) is 124 Å². The minimum Gasteiger partial charge on any atom is -0.512 e. The van der Waals surface area contributed by atoms with E-state index in [-0.39, 0.29) is 19.1 Å². The molecule has 0 heterocycles. The highest BCUT2D eigenvalue weighted by atomic mass is 16.5. The summed E-state index contributed by atoms with van der Waals surface area (Å²) in [6.07, 6.45) is 10.3. The Morgan fingerprint density at radius 1 is 0.791 bits per heavy atom. The average Bonchev–Trinajstić information content (AvgIpc) is 3.02. The summed E-state index contributed by atoms with van der Waals surface area (Å²) in [6.45, 7) is 17.3. The van der Waals surface area contributed by atoms with Gasteiger partial charge in [0.05, 0.1) is 31.2 Å². The standard InChI is InChI=1S/C37H65NO5/c1-8-13-18-31(10-3)25-42-27-34(39)23-38(24-35(40)28-43-26-32(11-4)19-14-9-2)29(6)22-36(37(41)12-5)30(7)33-20-16-15-17-21-33/h15-17,20-22,30-32,34-35,39-41H,8-14,18-19,23-28H2,1-7H3/b29-22+,37-36-. The Morgan fingerprint density at radius 3 is 1.70 bits per heavy atom. The third-order valence-corrected chi connectivity index (χ3v) is 8.57. The molecule has 0 radical (unpaired) electrons. The van der Waals surface area contributed by atoms with Gasteiger partial charge >= 0.3 is 0 Å². The largest absolute Gasteiger partial charge is 0.512 e. The van der Waals surface area contributed by atoms with Crippen LogP contribution in [0.4, 0.5) is 0 Å². The summed E-state index contributed by atoms with van der Waals surface area (Å²) < 4.78 is 11.9. The minimum absolute atomic E-state index is 0.0114.